The quantitative estimate of drug-likeness (QED) is 0.532. The Hall–Kier alpha value is -2.75. The molecular weight excluding hydrogens is 442 g/mol. The predicted octanol–water partition coefficient (Wildman–Crippen LogP) is 4.02. The van der Waals surface area contributed by atoms with E-state index in [0.717, 1.165) is 50.8 Å². The predicted molar refractivity (Wildman–Crippen MR) is 130 cm³/mol. The minimum atomic E-state index is -0.372. The molecule has 9 heteroatoms. The van der Waals surface area contributed by atoms with Crippen molar-refractivity contribution in [3.8, 4) is 0 Å². The van der Waals surface area contributed by atoms with Gasteiger partial charge in [-0.25, -0.2) is 9.97 Å². The summed E-state index contributed by atoms with van der Waals surface area (Å²) in [6.45, 7) is 3.70. The van der Waals surface area contributed by atoms with Crippen molar-refractivity contribution < 1.29 is 9.59 Å². The molecule has 2 aliphatic rings. The molecule has 2 N–H and O–H groups in total. The van der Waals surface area contributed by atoms with Gasteiger partial charge in [0.2, 0.25) is 5.95 Å². The van der Waals surface area contributed by atoms with Gasteiger partial charge < -0.3 is 10.2 Å². The molecule has 0 spiro atoms. The maximum Gasteiger partial charge on any atom is 0.290 e. The van der Waals surface area contributed by atoms with Crippen LogP contribution >= 0.6 is 23.1 Å². The molecule has 0 saturated carbocycles. The van der Waals surface area contributed by atoms with E-state index >= 15 is 0 Å². The molecule has 2 fully saturated rings. The average molecular weight is 466 g/mol. The number of hydrogen-bond donors (Lipinski definition) is 2. The van der Waals surface area contributed by atoms with Crippen LogP contribution in [0.25, 0.3) is 16.2 Å². The second kappa shape index (κ2) is 9.40. The number of carbonyl (C=O) groups is 2. The molecule has 2 saturated heterocycles. The maximum absolute atomic E-state index is 11.8. The second-order valence-corrected chi connectivity index (χ2v) is 9.95. The number of nitrogens with zero attached hydrogens (tertiary/aromatic N) is 3. The number of hydrogen-bond acceptors (Lipinski definition) is 8. The number of benzene rings is 1. The Morgan fingerprint density at radius 3 is 2.88 bits per heavy atom. The fourth-order valence-corrected chi connectivity index (χ4v) is 5.47. The first-order valence-corrected chi connectivity index (χ1v) is 12.3. The molecule has 2 amide bonds. The topological polar surface area (TPSA) is 87.2 Å². The number of thioether (sulfide) groups is 1. The van der Waals surface area contributed by atoms with Crippen LogP contribution in [0.2, 0.25) is 0 Å². The number of amides is 2. The van der Waals surface area contributed by atoms with Gasteiger partial charge in [-0.05, 0) is 83.7 Å². The number of thiophene rings is 1. The Bertz CT molecular complexity index is 1180. The van der Waals surface area contributed by atoms with E-state index in [2.05, 4.69) is 55.1 Å². The van der Waals surface area contributed by atoms with Crippen LogP contribution in [-0.4, -0.2) is 40.7 Å². The summed E-state index contributed by atoms with van der Waals surface area (Å²) in [6.07, 6.45) is 5.50. The van der Waals surface area contributed by atoms with Gasteiger partial charge in [0, 0.05) is 30.5 Å². The molecule has 32 heavy (non-hydrogen) atoms. The number of aromatic nitrogens is 2. The van der Waals surface area contributed by atoms with Crippen molar-refractivity contribution in [2.24, 2.45) is 5.92 Å². The first kappa shape index (κ1) is 21.1. The van der Waals surface area contributed by atoms with Gasteiger partial charge in [-0.3, -0.25) is 14.9 Å². The minimum Gasteiger partial charge on any atom is -0.341 e. The van der Waals surface area contributed by atoms with Gasteiger partial charge >= 0.3 is 0 Å². The molecule has 7 nitrogen and oxygen atoms in total. The van der Waals surface area contributed by atoms with Gasteiger partial charge in [-0.2, -0.15) is 0 Å². The van der Waals surface area contributed by atoms with E-state index in [0.29, 0.717) is 22.5 Å². The monoisotopic (exact) mass is 465 g/mol. The van der Waals surface area contributed by atoms with Crippen molar-refractivity contribution in [2.75, 3.05) is 24.5 Å². The first-order chi connectivity index (χ1) is 15.6. The Balaban J connectivity index is 1.12. The van der Waals surface area contributed by atoms with E-state index in [-0.39, 0.29) is 11.1 Å². The molecular formula is C23H23N5O2S2. The SMILES string of the molecule is O=C1NC(=O)/C(=C\c2ccnc(N3CCC(CNCc4ccc5sccc5c4)CC3)n2)S1. The molecule has 2 aliphatic heterocycles. The van der Waals surface area contributed by atoms with Gasteiger partial charge in [-0.15, -0.1) is 11.3 Å². The number of nitrogens with one attached hydrogen (secondary N) is 2. The molecule has 2 aromatic heterocycles. The van der Waals surface area contributed by atoms with Crippen molar-refractivity contribution >= 4 is 56.4 Å². The lowest BCUT2D eigenvalue weighted by Crippen LogP contribution is -2.38. The number of piperidine rings is 1. The zero-order chi connectivity index (χ0) is 21.9. The summed E-state index contributed by atoms with van der Waals surface area (Å²) in [5.74, 6) is 0.930. The third kappa shape index (κ3) is 4.85. The Kier molecular flexibility index (Phi) is 6.20. The molecule has 4 heterocycles. The number of carbonyl (C=O) groups excluding carboxylic acids is 2. The molecule has 5 rings (SSSR count). The Labute approximate surface area is 194 Å². The van der Waals surface area contributed by atoms with Crippen molar-refractivity contribution in [1.29, 1.82) is 0 Å². The number of fused-ring (bicyclic) bond motifs is 1. The molecule has 0 unspecified atom stereocenters. The Morgan fingerprint density at radius 1 is 1.19 bits per heavy atom. The highest BCUT2D eigenvalue weighted by molar-refractivity contribution is 8.18. The summed E-state index contributed by atoms with van der Waals surface area (Å²) in [5, 5.41) is 8.99. The van der Waals surface area contributed by atoms with E-state index in [1.54, 1.807) is 29.7 Å². The average Bonchev–Trinajstić information content (AvgIpc) is 3.39. The third-order valence-electron chi connectivity index (χ3n) is 5.76. The summed E-state index contributed by atoms with van der Waals surface area (Å²) in [4.78, 5) is 34.6. The maximum atomic E-state index is 11.8. The number of imide groups is 1. The van der Waals surface area contributed by atoms with Crippen LogP contribution in [0.5, 0.6) is 0 Å². The van der Waals surface area contributed by atoms with Crippen LogP contribution in [0.1, 0.15) is 24.1 Å². The third-order valence-corrected chi connectivity index (χ3v) is 7.47. The van der Waals surface area contributed by atoms with Crippen LogP contribution in [-0.2, 0) is 11.3 Å². The molecule has 164 valence electrons. The van der Waals surface area contributed by atoms with Crippen LogP contribution in [0, 0.1) is 5.92 Å². The van der Waals surface area contributed by atoms with E-state index < -0.39 is 0 Å². The van der Waals surface area contributed by atoms with Gasteiger partial charge in [0.1, 0.15) is 0 Å². The molecule has 1 aromatic carbocycles. The lowest BCUT2D eigenvalue weighted by molar-refractivity contribution is -0.115. The second-order valence-electron chi connectivity index (χ2n) is 7.99. The lowest BCUT2D eigenvalue weighted by atomic mass is 9.97. The minimum absolute atomic E-state index is 0.349. The zero-order valence-electron chi connectivity index (χ0n) is 17.4. The molecule has 0 aliphatic carbocycles. The standard InChI is InChI=1S/C23H23N5O2S2/c29-21-20(32-23(30)27-21)12-18-3-7-25-22(26-18)28-8-4-15(5-9-28)13-24-14-16-1-2-19-17(11-16)6-10-31-19/h1-3,6-7,10-12,15,24H,4-5,8-9,13-14H2,(H,27,29,30)/b20-12+. The van der Waals surface area contributed by atoms with Crippen molar-refractivity contribution in [1.82, 2.24) is 20.6 Å². The largest absolute Gasteiger partial charge is 0.341 e. The van der Waals surface area contributed by atoms with Crippen molar-refractivity contribution in [2.45, 2.75) is 19.4 Å². The first-order valence-electron chi connectivity index (χ1n) is 10.6. The van der Waals surface area contributed by atoms with Crippen molar-refractivity contribution in [3.63, 3.8) is 0 Å². The lowest BCUT2D eigenvalue weighted by Gasteiger charge is -2.32. The molecule has 0 atom stereocenters. The van der Waals surface area contributed by atoms with E-state index in [1.165, 1.54) is 15.6 Å². The van der Waals surface area contributed by atoms with E-state index in [1.807, 2.05) is 0 Å². The van der Waals surface area contributed by atoms with Crippen LogP contribution in [0.15, 0.2) is 46.8 Å². The summed E-state index contributed by atoms with van der Waals surface area (Å²) in [5.41, 5.74) is 1.96. The highest BCUT2D eigenvalue weighted by atomic mass is 32.2. The summed E-state index contributed by atoms with van der Waals surface area (Å²) < 4.78 is 1.34. The van der Waals surface area contributed by atoms with E-state index in [4.69, 9.17) is 0 Å². The fourth-order valence-electron chi connectivity index (χ4n) is 4.03. The molecule has 0 radical (unpaired) electrons. The smallest absolute Gasteiger partial charge is 0.290 e. The molecule has 3 aromatic rings. The fraction of sp³-hybridized carbons (Fsp3) is 0.304. The highest BCUT2D eigenvalue weighted by Crippen LogP contribution is 2.26. The van der Waals surface area contributed by atoms with Gasteiger partial charge in [0.15, 0.2) is 0 Å². The van der Waals surface area contributed by atoms with Crippen LogP contribution < -0.4 is 15.5 Å². The highest BCUT2D eigenvalue weighted by Gasteiger charge is 2.25. The van der Waals surface area contributed by atoms with Crippen LogP contribution in [0.3, 0.4) is 0 Å². The van der Waals surface area contributed by atoms with Gasteiger partial charge in [0.25, 0.3) is 11.1 Å². The van der Waals surface area contributed by atoms with Crippen LogP contribution in [0.4, 0.5) is 10.7 Å². The normalized spacial score (nSPS) is 18.6. The summed E-state index contributed by atoms with van der Waals surface area (Å²) in [7, 11) is 0. The number of rotatable bonds is 6. The molecule has 0 bridgehead atoms. The Morgan fingerprint density at radius 2 is 2.06 bits per heavy atom. The summed E-state index contributed by atoms with van der Waals surface area (Å²) in [6, 6.07) is 10.6. The zero-order valence-corrected chi connectivity index (χ0v) is 19.0. The van der Waals surface area contributed by atoms with Crippen molar-refractivity contribution in [3.05, 3.63) is 58.1 Å². The van der Waals surface area contributed by atoms with Gasteiger partial charge in [0.05, 0.1) is 10.6 Å². The van der Waals surface area contributed by atoms with E-state index in [9.17, 15) is 9.59 Å². The number of anilines is 1. The summed E-state index contributed by atoms with van der Waals surface area (Å²) >= 11 is 2.68. The van der Waals surface area contributed by atoms with Gasteiger partial charge in [-0.1, -0.05) is 6.07 Å².